The lowest BCUT2D eigenvalue weighted by Crippen LogP contribution is -2.19. The minimum atomic E-state index is -0.647. The summed E-state index contributed by atoms with van der Waals surface area (Å²) in [5.74, 6) is -1.72. The number of urea groups is 1. The Kier molecular flexibility index (Phi) is 4.09. The van der Waals surface area contributed by atoms with E-state index in [2.05, 4.69) is 10.6 Å². The van der Waals surface area contributed by atoms with Gasteiger partial charge in [0.25, 0.3) is 0 Å². The van der Waals surface area contributed by atoms with Gasteiger partial charge in [-0.2, -0.15) is 0 Å². The van der Waals surface area contributed by atoms with Gasteiger partial charge in [0, 0.05) is 22.8 Å². The average Bonchev–Trinajstić information content (AvgIpc) is 2.41. The van der Waals surface area contributed by atoms with Crippen LogP contribution in [0.3, 0.4) is 0 Å². The van der Waals surface area contributed by atoms with Gasteiger partial charge in [-0.3, -0.25) is 0 Å². The van der Waals surface area contributed by atoms with Gasteiger partial charge in [0.1, 0.15) is 0 Å². The largest absolute Gasteiger partial charge is 0.504 e. The highest BCUT2D eigenvalue weighted by atomic mass is 35.5. The van der Waals surface area contributed by atoms with Crippen LogP contribution in [-0.2, 0) is 0 Å². The van der Waals surface area contributed by atoms with Crippen molar-refractivity contribution in [2.75, 3.05) is 10.6 Å². The predicted molar refractivity (Wildman–Crippen MR) is 80.3 cm³/mol. The van der Waals surface area contributed by atoms with Crippen LogP contribution in [0.25, 0.3) is 0 Å². The first-order chi connectivity index (χ1) is 9.88. The molecule has 0 spiro atoms. The lowest BCUT2D eigenvalue weighted by atomic mass is 10.2. The third-order valence-corrected chi connectivity index (χ3v) is 3.25. The number of amides is 2. The van der Waals surface area contributed by atoms with Crippen LogP contribution in [0.15, 0.2) is 30.3 Å². The smallest absolute Gasteiger partial charge is 0.323 e. The van der Waals surface area contributed by atoms with Gasteiger partial charge in [-0.1, -0.05) is 17.7 Å². The molecule has 0 aromatic heterocycles. The number of anilines is 2. The van der Waals surface area contributed by atoms with Gasteiger partial charge in [-0.25, -0.2) is 4.79 Å². The van der Waals surface area contributed by atoms with Crippen LogP contribution in [0.1, 0.15) is 5.56 Å². The molecule has 0 atom stereocenters. The van der Waals surface area contributed by atoms with E-state index in [1.54, 1.807) is 25.1 Å². The van der Waals surface area contributed by atoms with Crippen molar-refractivity contribution in [3.05, 3.63) is 40.9 Å². The molecule has 6 nitrogen and oxygen atoms in total. The summed E-state index contributed by atoms with van der Waals surface area (Å²) in [4.78, 5) is 11.9. The summed E-state index contributed by atoms with van der Waals surface area (Å²) in [6, 6.07) is 6.73. The summed E-state index contributed by atoms with van der Waals surface area (Å²) in [7, 11) is 0. The van der Waals surface area contributed by atoms with Gasteiger partial charge < -0.3 is 26.0 Å². The van der Waals surface area contributed by atoms with Crippen LogP contribution in [0.5, 0.6) is 17.2 Å². The number of nitrogens with one attached hydrogen (secondary N) is 2. The zero-order valence-electron chi connectivity index (χ0n) is 11.0. The summed E-state index contributed by atoms with van der Waals surface area (Å²) < 4.78 is 0. The summed E-state index contributed by atoms with van der Waals surface area (Å²) >= 11 is 5.95. The molecule has 7 heteroatoms. The second kappa shape index (κ2) is 5.80. The van der Waals surface area contributed by atoms with E-state index in [-0.39, 0.29) is 5.69 Å². The Balaban J connectivity index is 2.14. The van der Waals surface area contributed by atoms with E-state index in [4.69, 9.17) is 11.6 Å². The van der Waals surface area contributed by atoms with Crippen molar-refractivity contribution in [3.63, 3.8) is 0 Å². The molecule has 0 heterocycles. The molecule has 21 heavy (non-hydrogen) atoms. The number of hydrogen-bond acceptors (Lipinski definition) is 4. The normalized spacial score (nSPS) is 10.2. The number of benzene rings is 2. The number of carbonyl (C=O) groups is 1. The number of hydrogen-bond donors (Lipinski definition) is 5. The second-order valence-electron chi connectivity index (χ2n) is 4.35. The minimum Gasteiger partial charge on any atom is -0.504 e. The van der Waals surface area contributed by atoms with Gasteiger partial charge in [0.05, 0.1) is 5.69 Å². The first-order valence-electron chi connectivity index (χ1n) is 5.96. The molecule has 2 aromatic rings. The van der Waals surface area contributed by atoms with Crippen LogP contribution >= 0.6 is 11.6 Å². The number of phenols is 3. The van der Waals surface area contributed by atoms with Crippen molar-refractivity contribution < 1.29 is 20.1 Å². The number of aromatic hydroxyl groups is 3. The zero-order chi connectivity index (χ0) is 15.6. The molecule has 5 N–H and O–H groups in total. The van der Waals surface area contributed by atoms with E-state index in [1.165, 1.54) is 0 Å². The number of carbonyl (C=O) groups excluding carboxylic acids is 1. The standard InChI is InChI=1S/C14H13ClN2O4/c1-7-9(15)3-2-4-10(7)17-14(21)16-8-5-11(18)13(20)12(19)6-8/h2-6,18-20H,1H3,(H2,16,17,21). The SMILES string of the molecule is Cc1c(Cl)cccc1NC(=O)Nc1cc(O)c(O)c(O)c1. The Morgan fingerprint density at radius 3 is 2.33 bits per heavy atom. The zero-order valence-corrected chi connectivity index (χ0v) is 11.8. The Morgan fingerprint density at radius 1 is 1.10 bits per heavy atom. The maximum absolute atomic E-state index is 11.9. The first kappa shape index (κ1) is 14.8. The lowest BCUT2D eigenvalue weighted by molar-refractivity contribution is 0.262. The Bertz CT molecular complexity index is 680. The van der Waals surface area contributed by atoms with Gasteiger partial charge in [0.15, 0.2) is 17.2 Å². The van der Waals surface area contributed by atoms with E-state index < -0.39 is 23.3 Å². The molecule has 110 valence electrons. The van der Waals surface area contributed by atoms with Crippen molar-refractivity contribution in [1.82, 2.24) is 0 Å². The van der Waals surface area contributed by atoms with Gasteiger partial charge >= 0.3 is 6.03 Å². The molecular weight excluding hydrogens is 296 g/mol. The fourth-order valence-corrected chi connectivity index (χ4v) is 1.88. The number of halogens is 1. The Hall–Kier alpha value is -2.60. The molecular formula is C14H13ClN2O4. The van der Waals surface area contributed by atoms with E-state index >= 15 is 0 Å². The third kappa shape index (κ3) is 3.29. The van der Waals surface area contributed by atoms with Gasteiger partial charge in [-0.05, 0) is 24.6 Å². The fraction of sp³-hybridized carbons (Fsp3) is 0.0714. The van der Waals surface area contributed by atoms with Gasteiger partial charge in [-0.15, -0.1) is 0 Å². The van der Waals surface area contributed by atoms with Gasteiger partial charge in [0.2, 0.25) is 0 Å². The van der Waals surface area contributed by atoms with Crippen molar-refractivity contribution >= 4 is 29.0 Å². The van der Waals surface area contributed by atoms with Crippen molar-refractivity contribution in [1.29, 1.82) is 0 Å². The molecule has 2 aromatic carbocycles. The van der Waals surface area contributed by atoms with Crippen LogP contribution in [0.4, 0.5) is 16.2 Å². The molecule has 2 amide bonds. The van der Waals surface area contributed by atoms with E-state index in [1.807, 2.05) is 0 Å². The maximum Gasteiger partial charge on any atom is 0.323 e. The number of rotatable bonds is 2. The monoisotopic (exact) mass is 308 g/mol. The van der Waals surface area contributed by atoms with E-state index in [0.29, 0.717) is 16.3 Å². The maximum atomic E-state index is 11.9. The third-order valence-electron chi connectivity index (χ3n) is 2.84. The first-order valence-corrected chi connectivity index (χ1v) is 6.34. The topological polar surface area (TPSA) is 102 Å². The second-order valence-corrected chi connectivity index (χ2v) is 4.76. The molecule has 2 rings (SSSR count). The molecule has 0 unspecified atom stereocenters. The van der Waals surface area contributed by atoms with Crippen molar-refractivity contribution in [2.24, 2.45) is 0 Å². The molecule has 0 radical (unpaired) electrons. The van der Waals surface area contributed by atoms with Crippen LogP contribution < -0.4 is 10.6 Å². The van der Waals surface area contributed by atoms with Crippen LogP contribution in [-0.4, -0.2) is 21.4 Å². The van der Waals surface area contributed by atoms with E-state index in [0.717, 1.165) is 12.1 Å². The van der Waals surface area contributed by atoms with Crippen LogP contribution in [0.2, 0.25) is 5.02 Å². The summed E-state index contributed by atoms with van der Waals surface area (Å²) in [5.41, 5.74) is 1.37. The summed E-state index contributed by atoms with van der Waals surface area (Å²) in [6.45, 7) is 1.76. The highest BCUT2D eigenvalue weighted by Crippen LogP contribution is 2.37. The fourth-order valence-electron chi connectivity index (χ4n) is 1.70. The van der Waals surface area contributed by atoms with Crippen LogP contribution in [0, 0.1) is 6.92 Å². The van der Waals surface area contributed by atoms with Crippen molar-refractivity contribution in [3.8, 4) is 17.2 Å². The molecule has 0 fully saturated rings. The predicted octanol–water partition coefficient (Wildman–Crippen LogP) is 3.41. The molecule has 0 bridgehead atoms. The molecule has 0 aliphatic heterocycles. The minimum absolute atomic E-state index is 0.125. The highest BCUT2D eigenvalue weighted by Gasteiger charge is 2.11. The molecule has 0 aliphatic rings. The average molecular weight is 309 g/mol. The Labute approximate surface area is 125 Å². The quantitative estimate of drug-likeness (QED) is 0.433. The number of phenolic OH excluding ortho intramolecular Hbond substituents is 3. The summed E-state index contributed by atoms with van der Waals surface area (Å²) in [6.07, 6.45) is 0. The Morgan fingerprint density at radius 2 is 1.71 bits per heavy atom. The highest BCUT2D eigenvalue weighted by molar-refractivity contribution is 6.31. The van der Waals surface area contributed by atoms with Crippen molar-refractivity contribution in [2.45, 2.75) is 6.92 Å². The van der Waals surface area contributed by atoms with E-state index in [9.17, 15) is 20.1 Å². The molecule has 0 aliphatic carbocycles. The lowest BCUT2D eigenvalue weighted by Gasteiger charge is -2.11. The molecule has 0 saturated carbocycles. The summed E-state index contributed by atoms with van der Waals surface area (Å²) in [5, 5.41) is 33.5. The molecule has 0 saturated heterocycles.